The number of aliphatic carboxylic acids is 1. The number of pyridine rings is 1. The molecule has 0 radical (unpaired) electrons. The minimum atomic E-state index is -0.966. The number of nitrogens with zero attached hydrogens (tertiary/aromatic N) is 1. The van der Waals surface area contributed by atoms with Crippen LogP contribution in [0.3, 0.4) is 0 Å². The minimum Gasteiger partial charge on any atom is -0.496 e. The Bertz CT molecular complexity index is 958. The van der Waals surface area contributed by atoms with E-state index in [9.17, 15) is 9.90 Å². The van der Waals surface area contributed by atoms with E-state index in [-0.39, 0.29) is 5.57 Å². The summed E-state index contributed by atoms with van der Waals surface area (Å²) in [6.07, 6.45) is 8.40. The zero-order chi connectivity index (χ0) is 21.8. The van der Waals surface area contributed by atoms with E-state index >= 15 is 0 Å². The number of benzene rings is 1. The van der Waals surface area contributed by atoms with Crippen molar-refractivity contribution in [1.29, 1.82) is 0 Å². The molecule has 2 aromatic rings. The number of carbonyl (C=O) groups is 1. The number of carboxylic acid groups (broad SMARTS) is 1. The van der Waals surface area contributed by atoms with Crippen LogP contribution in [-0.2, 0) is 4.79 Å². The zero-order valence-electron chi connectivity index (χ0n) is 18.3. The van der Waals surface area contributed by atoms with Crippen LogP contribution in [0.5, 0.6) is 11.5 Å². The first-order chi connectivity index (χ1) is 14.4. The summed E-state index contributed by atoms with van der Waals surface area (Å²) in [7, 11) is 3.22. The van der Waals surface area contributed by atoms with Gasteiger partial charge in [0.1, 0.15) is 17.3 Å². The van der Waals surface area contributed by atoms with Gasteiger partial charge in [-0.15, -0.1) is 0 Å². The van der Waals surface area contributed by atoms with Crippen LogP contribution in [-0.4, -0.2) is 36.3 Å². The van der Waals surface area contributed by atoms with Crippen LogP contribution in [0, 0.1) is 13.8 Å². The van der Waals surface area contributed by atoms with Crippen molar-refractivity contribution in [2.75, 3.05) is 19.5 Å². The maximum absolute atomic E-state index is 11.3. The quantitative estimate of drug-likeness (QED) is 0.609. The molecule has 6 nitrogen and oxygen atoms in total. The largest absolute Gasteiger partial charge is 0.496 e. The molecule has 0 saturated heterocycles. The Labute approximate surface area is 177 Å². The molecule has 1 aromatic carbocycles. The van der Waals surface area contributed by atoms with Gasteiger partial charge in [-0.3, -0.25) is 0 Å². The Morgan fingerprint density at radius 3 is 2.33 bits per heavy atom. The van der Waals surface area contributed by atoms with E-state index in [1.165, 1.54) is 25.7 Å². The lowest BCUT2D eigenvalue weighted by Crippen LogP contribution is -2.15. The molecule has 30 heavy (non-hydrogen) atoms. The molecular weight excluding hydrogens is 380 g/mol. The molecule has 0 bridgehead atoms. The summed E-state index contributed by atoms with van der Waals surface area (Å²) < 4.78 is 11.4. The van der Waals surface area contributed by atoms with Gasteiger partial charge in [0.05, 0.1) is 14.2 Å². The molecule has 1 fully saturated rings. The molecule has 3 rings (SSSR count). The van der Waals surface area contributed by atoms with Crippen molar-refractivity contribution in [1.82, 2.24) is 4.98 Å². The molecule has 0 aliphatic heterocycles. The second kappa shape index (κ2) is 9.20. The van der Waals surface area contributed by atoms with Gasteiger partial charge in [-0.05, 0) is 51.8 Å². The van der Waals surface area contributed by atoms with Gasteiger partial charge in [0.2, 0.25) is 0 Å². The van der Waals surface area contributed by atoms with Crippen molar-refractivity contribution in [3.8, 4) is 22.6 Å². The number of carboxylic acids is 1. The molecule has 1 aromatic heterocycles. The predicted molar refractivity (Wildman–Crippen MR) is 119 cm³/mol. The molecule has 1 aliphatic carbocycles. The SMILES string of the molecule is COc1c(C)c(-c2ccc(NC3CCCC3)nc2)c(OC)c(C)c1/C=C(\C)C(=O)O. The van der Waals surface area contributed by atoms with Crippen molar-refractivity contribution < 1.29 is 19.4 Å². The maximum atomic E-state index is 11.3. The lowest BCUT2D eigenvalue weighted by Gasteiger charge is -2.21. The molecule has 1 heterocycles. The average molecular weight is 411 g/mol. The van der Waals surface area contributed by atoms with E-state index in [1.807, 2.05) is 32.2 Å². The Hall–Kier alpha value is -3.02. The number of aromatic nitrogens is 1. The zero-order valence-corrected chi connectivity index (χ0v) is 18.3. The fourth-order valence-electron chi connectivity index (χ4n) is 4.19. The van der Waals surface area contributed by atoms with Gasteiger partial charge in [-0.25, -0.2) is 9.78 Å². The van der Waals surface area contributed by atoms with Crippen LogP contribution < -0.4 is 14.8 Å². The molecule has 0 atom stereocenters. The van der Waals surface area contributed by atoms with E-state index in [4.69, 9.17) is 9.47 Å². The number of anilines is 1. The molecule has 0 spiro atoms. The highest BCUT2D eigenvalue weighted by molar-refractivity contribution is 5.93. The summed E-state index contributed by atoms with van der Waals surface area (Å²) in [6, 6.07) is 4.54. The van der Waals surface area contributed by atoms with Gasteiger partial charge in [0.25, 0.3) is 0 Å². The lowest BCUT2D eigenvalue weighted by molar-refractivity contribution is -0.132. The minimum absolute atomic E-state index is 0.231. The molecule has 160 valence electrons. The maximum Gasteiger partial charge on any atom is 0.331 e. The van der Waals surface area contributed by atoms with E-state index < -0.39 is 5.97 Å². The van der Waals surface area contributed by atoms with Crippen molar-refractivity contribution in [3.05, 3.63) is 40.6 Å². The average Bonchev–Trinajstić information content (AvgIpc) is 3.24. The summed E-state index contributed by atoms with van der Waals surface area (Å²) in [4.78, 5) is 16.0. The van der Waals surface area contributed by atoms with Crippen LogP contribution in [0.4, 0.5) is 5.82 Å². The second-order valence-corrected chi connectivity index (χ2v) is 7.80. The number of hydrogen-bond donors (Lipinski definition) is 2. The lowest BCUT2D eigenvalue weighted by atomic mass is 9.92. The van der Waals surface area contributed by atoms with Crippen molar-refractivity contribution in [2.45, 2.75) is 52.5 Å². The Balaban J connectivity index is 2.07. The van der Waals surface area contributed by atoms with Gasteiger partial charge in [0.15, 0.2) is 0 Å². The van der Waals surface area contributed by atoms with E-state index in [0.29, 0.717) is 23.1 Å². The highest BCUT2D eigenvalue weighted by atomic mass is 16.5. The molecule has 0 unspecified atom stereocenters. The number of hydrogen-bond acceptors (Lipinski definition) is 5. The third kappa shape index (κ3) is 4.27. The number of methoxy groups -OCH3 is 2. The third-order valence-corrected chi connectivity index (χ3v) is 5.80. The van der Waals surface area contributed by atoms with E-state index in [1.54, 1.807) is 27.2 Å². The Kier molecular flexibility index (Phi) is 6.65. The van der Waals surface area contributed by atoms with Crippen molar-refractivity contribution in [2.24, 2.45) is 0 Å². The predicted octanol–water partition coefficient (Wildman–Crippen LogP) is 5.23. The van der Waals surface area contributed by atoms with Gasteiger partial charge in [-0.1, -0.05) is 12.8 Å². The van der Waals surface area contributed by atoms with Crippen molar-refractivity contribution in [3.63, 3.8) is 0 Å². The summed E-state index contributed by atoms with van der Waals surface area (Å²) in [5.41, 5.74) is 4.47. The van der Waals surface area contributed by atoms with E-state index in [0.717, 1.165) is 28.1 Å². The van der Waals surface area contributed by atoms with Crippen LogP contribution >= 0.6 is 0 Å². The fourth-order valence-corrected chi connectivity index (χ4v) is 4.19. The van der Waals surface area contributed by atoms with Gasteiger partial charge >= 0.3 is 5.97 Å². The first-order valence-corrected chi connectivity index (χ1v) is 10.3. The number of nitrogens with one attached hydrogen (secondary N) is 1. The molecular formula is C24H30N2O4. The van der Waals surface area contributed by atoms with E-state index in [2.05, 4.69) is 10.3 Å². The van der Waals surface area contributed by atoms with Crippen LogP contribution in [0.25, 0.3) is 17.2 Å². The summed E-state index contributed by atoms with van der Waals surface area (Å²) in [6.45, 7) is 5.43. The fraction of sp³-hybridized carbons (Fsp3) is 0.417. The molecule has 1 aliphatic rings. The first-order valence-electron chi connectivity index (χ1n) is 10.3. The number of ether oxygens (including phenoxy) is 2. The van der Waals surface area contributed by atoms with Gasteiger partial charge < -0.3 is 19.9 Å². The third-order valence-electron chi connectivity index (χ3n) is 5.80. The second-order valence-electron chi connectivity index (χ2n) is 7.80. The molecule has 2 N–H and O–H groups in total. The van der Waals surface area contributed by atoms with Crippen LogP contribution in [0.2, 0.25) is 0 Å². The Morgan fingerprint density at radius 2 is 1.80 bits per heavy atom. The number of rotatable bonds is 7. The highest BCUT2D eigenvalue weighted by Crippen LogP contribution is 2.44. The summed E-state index contributed by atoms with van der Waals surface area (Å²) >= 11 is 0. The van der Waals surface area contributed by atoms with Crippen LogP contribution in [0.15, 0.2) is 23.9 Å². The summed E-state index contributed by atoms with van der Waals surface area (Å²) in [5.74, 6) is 1.24. The van der Waals surface area contributed by atoms with Crippen LogP contribution in [0.1, 0.15) is 49.3 Å². The highest BCUT2D eigenvalue weighted by Gasteiger charge is 2.22. The molecule has 1 saturated carbocycles. The normalized spacial score (nSPS) is 14.6. The summed E-state index contributed by atoms with van der Waals surface area (Å²) in [5, 5.41) is 12.8. The van der Waals surface area contributed by atoms with Gasteiger partial charge in [-0.2, -0.15) is 0 Å². The standard InChI is InChI=1S/C24H30N2O4/c1-14(24(27)28)12-19-15(2)23(30-5)21(16(3)22(19)29-4)17-10-11-20(25-13-17)26-18-8-6-7-9-18/h10-13,18H,6-9H2,1-5H3,(H,25,26)(H,27,28)/b14-12+. The van der Waals surface area contributed by atoms with Gasteiger partial charge in [0, 0.05) is 45.6 Å². The first kappa shape index (κ1) is 21.7. The topological polar surface area (TPSA) is 80.7 Å². The Morgan fingerprint density at radius 1 is 1.13 bits per heavy atom. The molecule has 6 heteroatoms. The van der Waals surface area contributed by atoms with Crippen molar-refractivity contribution >= 4 is 17.9 Å². The smallest absolute Gasteiger partial charge is 0.331 e. The molecule has 0 amide bonds. The monoisotopic (exact) mass is 410 g/mol.